The molecule has 0 aromatic rings. The molecule has 0 heterocycles. The third-order valence-corrected chi connectivity index (χ3v) is 13.9. The number of rotatable bonds is 3. The second-order valence-electron chi connectivity index (χ2n) is 15.7. The Morgan fingerprint density at radius 2 is 1.65 bits per heavy atom. The number of nitrogens with two attached hydrogens (primary N) is 1. The normalized spacial score (nSPS) is 51.6. The Labute approximate surface area is 224 Å². The molecule has 5 aliphatic carbocycles. The summed E-state index contributed by atoms with van der Waals surface area (Å²) in [6, 6.07) is 0. The molecule has 2 unspecified atom stereocenters. The predicted octanol–water partition coefficient (Wildman–Crippen LogP) is 6.03. The lowest BCUT2D eigenvalue weighted by atomic mass is 9.33. The van der Waals surface area contributed by atoms with Gasteiger partial charge in [0.05, 0.1) is 0 Å². The summed E-state index contributed by atoms with van der Waals surface area (Å²) in [4.78, 5) is 26.9. The SMILES string of the molecule is COC(O)[C@@H]1CC[C@@]2(C)C(CC[C@]3(C)[C@@H]2C(=O)C=C2[C@H]4C[C@@](C)(C(N)=O)CC[C@]4(C)CC[C@]23C)C1(C)C. The summed E-state index contributed by atoms with van der Waals surface area (Å²) >= 11 is 0. The van der Waals surface area contributed by atoms with E-state index in [1.54, 1.807) is 7.11 Å². The maximum absolute atomic E-state index is 14.4. The predicted molar refractivity (Wildman–Crippen MR) is 145 cm³/mol. The topological polar surface area (TPSA) is 89.6 Å². The zero-order valence-corrected chi connectivity index (χ0v) is 24.6. The van der Waals surface area contributed by atoms with Crippen LogP contribution in [0.15, 0.2) is 11.6 Å². The lowest BCUT2D eigenvalue weighted by Crippen LogP contribution is -2.66. The van der Waals surface area contributed by atoms with Crippen molar-refractivity contribution in [2.45, 2.75) is 113 Å². The smallest absolute Gasteiger partial charge is 0.223 e. The largest absolute Gasteiger partial charge is 0.369 e. The molecular weight excluding hydrogens is 462 g/mol. The zero-order valence-electron chi connectivity index (χ0n) is 24.6. The van der Waals surface area contributed by atoms with Crippen LogP contribution in [0, 0.1) is 56.2 Å². The van der Waals surface area contributed by atoms with E-state index in [4.69, 9.17) is 10.5 Å². The minimum absolute atomic E-state index is 0.0251. The average molecular weight is 514 g/mol. The fourth-order valence-electron chi connectivity index (χ4n) is 11.1. The van der Waals surface area contributed by atoms with Gasteiger partial charge in [-0.05, 0) is 103 Å². The molecule has 0 aromatic heterocycles. The van der Waals surface area contributed by atoms with E-state index < -0.39 is 11.7 Å². The number of hydrogen-bond donors (Lipinski definition) is 2. The van der Waals surface area contributed by atoms with E-state index >= 15 is 0 Å². The Kier molecular flexibility index (Phi) is 6.04. The van der Waals surface area contributed by atoms with Gasteiger partial charge in [0.25, 0.3) is 0 Å². The summed E-state index contributed by atoms with van der Waals surface area (Å²) in [6.07, 6.45) is 10.1. The first-order chi connectivity index (χ1) is 17.0. The van der Waals surface area contributed by atoms with E-state index in [-0.39, 0.29) is 50.7 Å². The van der Waals surface area contributed by atoms with Crippen LogP contribution in [0.1, 0.15) is 106 Å². The van der Waals surface area contributed by atoms with Crippen molar-refractivity contribution in [2.75, 3.05) is 7.11 Å². The minimum Gasteiger partial charge on any atom is -0.369 e. The minimum atomic E-state index is -0.763. The molecule has 5 rings (SSSR count). The van der Waals surface area contributed by atoms with Gasteiger partial charge < -0.3 is 15.6 Å². The molecule has 0 bridgehead atoms. The van der Waals surface area contributed by atoms with E-state index in [0.29, 0.717) is 11.7 Å². The number of allylic oxidation sites excluding steroid dienone is 2. The first kappa shape index (κ1) is 27.4. The molecule has 0 saturated heterocycles. The third kappa shape index (κ3) is 3.41. The molecule has 4 fully saturated rings. The summed E-state index contributed by atoms with van der Waals surface area (Å²) in [6.45, 7) is 16.3. The highest BCUT2D eigenvalue weighted by Gasteiger charge is 2.70. The maximum Gasteiger partial charge on any atom is 0.223 e. The molecule has 5 nitrogen and oxygen atoms in total. The lowest BCUT2D eigenvalue weighted by molar-refractivity contribution is -0.225. The first-order valence-electron chi connectivity index (χ1n) is 14.8. The molecular formula is C32H51NO4. The number of primary amides is 1. The van der Waals surface area contributed by atoms with Gasteiger partial charge in [0.1, 0.15) is 0 Å². The molecule has 1 amide bonds. The highest BCUT2D eigenvalue weighted by molar-refractivity contribution is 5.95. The summed E-state index contributed by atoms with van der Waals surface area (Å²) in [7, 11) is 1.59. The van der Waals surface area contributed by atoms with Gasteiger partial charge in [-0.15, -0.1) is 0 Å². The number of hydrogen-bond acceptors (Lipinski definition) is 4. The number of ketones is 1. The van der Waals surface area contributed by atoms with E-state index in [1.165, 1.54) is 5.57 Å². The Bertz CT molecular complexity index is 1030. The number of amides is 1. The number of carbonyl (C=O) groups is 2. The van der Waals surface area contributed by atoms with Crippen molar-refractivity contribution < 1.29 is 19.4 Å². The van der Waals surface area contributed by atoms with Gasteiger partial charge in [-0.25, -0.2) is 0 Å². The Hall–Kier alpha value is -1.20. The van der Waals surface area contributed by atoms with Crippen LogP contribution in [0.5, 0.6) is 0 Å². The monoisotopic (exact) mass is 513 g/mol. The molecule has 5 heteroatoms. The van der Waals surface area contributed by atoms with Gasteiger partial charge in [-0.3, -0.25) is 9.59 Å². The Balaban J connectivity index is 1.59. The highest BCUT2D eigenvalue weighted by atomic mass is 16.6. The van der Waals surface area contributed by atoms with E-state index in [2.05, 4.69) is 47.6 Å². The second-order valence-corrected chi connectivity index (χ2v) is 15.7. The van der Waals surface area contributed by atoms with Crippen LogP contribution in [0.3, 0.4) is 0 Å². The lowest BCUT2D eigenvalue weighted by Gasteiger charge is -2.70. The number of carbonyl (C=O) groups excluding carboxylic acids is 2. The van der Waals surface area contributed by atoms with Crippen LogP contribution >= 0.6 is 0 Å². The number of aliphatic hydroxyl groups is 1. The molecule has 4 saturated carbocycles. The van der Waals surface area contributed by atoms with Crippen molar-refractivity contribution in [3.05, 3.63) is 11.6 Å². The number of ether oxygens (including phenoxy) is 1. The van der Waals surface area contributed by atoms with E-state index in [0.717, 1.165) is 57.8 Å². The van der Waals surface area contributed by atoms with Crippen molar-refractivity contribution in [2.24, 2.45) is 61.9 Å². The van der Waals surface area contributed by atoms with E-state index in [9.17, 15) is 14.7 Å². The highest BCUT2D eigenvalue weighted by Crippen LogP contribution is 2.75. The van der Waals surface area contributed by atoms with E-state index in [1.807, 2.05) is 6.92 Å². The standard InChI is InChI=1S/C32H51NO4/c1-27(2)19(25(35)37-8)9-11-30(5)23(27)10-12-32(7)24(30)22(34)17-20-21-18-29(4,26(33)36)14-13-28(21,3)15-16-31(20,32)6/h17,19,21,23-25,35H,9-16,18H2,1-8H3,(H2,33,36)/t19-,21+,23?,24+,25?,28+,29-,30-,31+,32+/m0/s1. The van der Waals surface area contributed by atoms with Gasteiger partial charge in [0, 0.05) is 24.4 Å². The first-order valence-corrected chi connectivity index (χ1v) is 14.8. The quantitative estimate of drug-likeness (QED) is 0.451. The number of aliphatic hydroxyl groups excluding tert-OH is 1. The second kappa shape index (κ2) is 8.16. The summed E-state index contributed by atoms with van der Waals surface area (Å²) < 4.78 is 5.41. The Morgan fingerprint density at radius 3 is 2.27 bits per heavy atom. The van der Waals surface area contributed by atoms with Gasteiger partial charge in [-0.1, -0.05) is 54.0 Å². The molecule has 10 atom stereocenters. The van der Waals surface area contributed by atoms with Gasteiger partial charge in [0.15, 0.2) is 12.1 Å². The molecule has 3 N–H and O–H groups in total. The molecule has 0 spiro atoms. The summed E-state index contributed by atoms with van der Waals surface area (Å²) in [5, 5.41) is 10.7. The molecule has 208 valence electrons. The van der Waals surface area contributed by atoms with Crippen molar-refractivity contribution in [3.63, 3.8) is 0 Å². The van der Waals surface area contributed by atoms with Gasteiger partial charge in [-0.2, -0.15) is 0 Å². The average Bonchev–Trinajstić information content (AvgIpc) is 2.80. The molecule has 0 aromatic carbocycles. The van der Waals surface area contributed by atoms with Crippen LogP contribution in [-0.4, -0.2) is 30.2 Å². The van der Waals surface area contributed by atoms with Crippen LogP contribution in [0.2, 0.25) is 0 Å². The summed E-state index contributed by atoms with van der Waals surface area (Å²) in [5.41, 5.74) is 6.46. The van der Waals surface area contributed by atoms with Crippen molar-refractivity contribution >= 4 is 11.7 Å². The summed E-state index contributed by atoms with van der Waals surface area (Å²) in [5.74, 6) is 0.741. The van der Waals surface area contributed by atoms with Gasteiger partial charge >= 0.3 is 0 Å². The maximum atomic E-state index is 14.4. The van der Waals surface area contributed by atoms with Crippen LogP contribution in [-0.2, 0) is 14.3 Å². The van der Waals surface area contributed by atoms with Crippen LogP contribution < -0.4 is 5.73 Å². The molecule has 5 aliphatic rings. The van der Waals surface area contributed by atoms with Crippen molar-refractivity contribution in [1.82, 2.24) is 0 Å². The van der Waals surface area contributed by atoms with Crippen LogP contribution in [0.4, 0.5) is 0 Å². The molecule has 0 aliphatic heterocycles. The fourth-order valence-corrected chi connectivity index (χ4v) is 11.1. The number of fused-ring (bicyclic) bond motifs is 7. The zero-order chi connectivity index (χ0) is 27.4. The van der Waals surface area contributed by atoms with Crippen molar-refractivity contribution in [1.29, 1.82) is 0 Å². The number of methoxy groups -OCH3 is 1. The third-order valence-electron chi connectivity index (χ3n) is 13.9. The van der Waals surface area contributed by atoms with Gasteiger partial charge in [0.2, 0.25) is 5.91 Å². The Morgan fingerprint density at radius 1 is 1.00 bits per heavy atom. The fraction of sp³-hybridized carbons (Fsp3) is 0.875. The molecule has 37 heavy (non-hydrogen) atoms. The van der Waals surface area contributed by atoms with Crippen LogP contribution in [0.25, 0.3) is 0 Å². The molecule has 0 radical (unpaired) electrons. The van der Waals surface area contributed by atoms with Crippen molar-refractivity contribution in [3.8, 4) is 0 Å².